The standard InChI is InChI=1S/C10H18N4/c1-3-11-10-12-5-7-14(10)9-4-6-13(2)8-9/h5,7,9H,3-4,6,8H2,1-2H3,(H,11,12). The molecule has 1 atom stereocenters. The van der Waals surface area contributed by atoms with Gasteiger partial charge in [0.05, 0.1) is 6.04 Å². The molecule has 1 fully saturated rings. The predicted octanol–water partition coefficient (Wildman–Crippen LogP) is 1.19. The lowest BCUT2D eigenvalue weighted by molar-refractivity contribution is 0.393. The van der Waals surface area contributed by atoms with Crippen LogP contribution in [-0.2, 0) is 0 Å². The normalized spacial score (nSPS) is 22.9. The highest BCUT2D eigenvalue weighted by molar-refractivity contribution is 5.26. The molecule has 1 aliphatic heterocycles. The zero-order valence-corrected chi connectivity index (χ0v) is 8.90. The van der Waals surface area contributed by atoms with Gasteiger partial charge < -0.3 is 14.8 Å². The van der Waals surface area contributed by atoms with E-state index in [4.69, 9.17) is 0 Å². The van der Waals surface area contributed by atoms with E-state index in [1.807, 2.05) is 6.20 Å². The van der Waals surface area contributed by atoms with Crippen LogP contribution in [0.15, 0.2) is 12.4 Å². The third kappa shape index (κ3) is 1.75. The largest absolute Gasteiger partial charge is 0.356 e. The molecular formula is C10H18N4. The van der Waals surface area contributed by atoms with Gasteiger partial charge in [-0.15, -0.1) is 0 Å². The molecule has 4 nitrogen and oxygen atoms in total. The Kier molecular flexibility index (Phi) is 2.72. The molecule has 0 amide bonds. The monoisotopic (exact) mass is 194 g/mol. The van der Waals surface area contributed by atoms with Crippen molar-refractivity contribution in [2.45, 2.75) is 19.4 Å². The molecule has 78 valence electrons. The fraction of sp³-hybridized carbons (Fsp3) is 0.700. The first-order chi connectivity index (χ1) is 6.81. The number of nitrogens with one attached hydrogen (secondary N) is 1. The van der Waals surface area contributed by atoms with E-state index in [9.17, 15) is 0 Å². The van der Waals surface area contributed by atoms with Crippen molar-refractivity contribution in [1.29, 1.82) is 0 Å². The van der Waals surface area contributed by atoms with Gasteiger partial charge in [-0.2, -0.15) is 0 Å². The van der Waals surface area contributed by atoms with Crippen molar-refractivity contribution in [1.82, 2.24) is 14.5 Å². The molecule has 1 aromatic heterocycles. The topological polar surface area (TPSA) is 33.1 Å². The van der Waals surface area contributed by atoms with Crippen LogP contribution in [0.4, 0.5) is 5.95 Å². The number of anilines is 1. The third-order valence-corrected chi connectivity index (χ3v) is 2.76. The van der Waals surface area contributed by atoms with Gasteiger partial charge in [0.15, 0.2) is 0 Å². The van der Waals surface area contributed by atoms with Crippen molar-refractivity contribution in [3.05, 3.63) is 12.4 Å². The summed E-state index contributed by atoms with van der Waals surface area (Å²) in [6.45, 7) is 5.35. The van der Waals surface area contributed by atoms with E-state index in [-0.39, 0.29) is 0 Å². The molecule has 0 spiro atoms. The average molecular weight is 194 g/mol. The van der Waals surface area contributed by atoms with Crippen molar-refractivity contribution in [3.8, 4) is 0 Å². The van der Waals surface area contributed by atoms with Crippen LogP contribution in [0.25, 0.3) is 0 Å². The summed E-state index contributed by atoms with van der Waals surface area (Å²) in [6, 6.07) is 0.594. The Morgan fingerprint density at radius 1 is 1.64 bits per heavy atom. The molecule has 14 heavy (non-hydrogen) atoms. The quantitative estimate of drug-likeness (QED) is 0.784. The van der Waals surface area contributed by atoms with Crippen LogP contribution in [0.2, 0.25) is 0 Å². The van der Waals surface area contributed by atoms with E-state index in [0.717, 1.165) is 19.0 Å². The number of aromatic nitrogens is 2. The van der Waals surface area contributed by atoms with Gasteiger partial charge in [0.1, 0.15) is 0 Å². The first kappa shape index (κ1) is 9.52. The van der Waals surface area contributed by atoms with Crippen molar-refractivity contribution in [2.75, 3.05) is 32.0 Å². The molecule has 1 aromatic rings. The van der Waals surface area contributed by atoms with Gasteiger partial charge in [0.25, 0.3) is 0 Å². The van der Waals surface area contributed by atoms with Gasteiger partial charge >= 0.3 is 0 Å². The van der Waals surface area contributed by atoms with Gasteiger partial charge in [-0.1, -0.05) is 0 Å². The number of imidazole rings is 1. The molecule has 0 aliphatic carbocycles. The lowest BCUT2D eigenvalue weighted by Gasteiger charge is -2.15. The summed E-state index contributed by atoms with van der Waals surface area (Å²) in [5, 5.41) is 3.28. The van der Waals surface area contributed by atoms with Crippen LogP contribution in [-0.4, -0.2) is 41.1 Å². The summed E-state index contributed by atoms with van der Waals surface area (Å²) in [7, 11) is 2.17. The second-order valence-electron chi connectivity index (χ2n) is 3.89. The molecule has 2 rings (SSSR count). The third-order valence-electron chi connectivity index (χ3n) is 2.76. The molecule has 0 bridgehead atoms. The van der Waals surface area contributed by atoms with Gasteiger partial charge in [-0.05, 0) is 26.9 Å². The highest BCUT2D eigenvalue weighted by atomic mass is 15.3. The Hall–Kier alpha value is -1.03. The van der Waals surface area contributed by atoms with Gasteiger partial charge in [0, 0.05) is 25.5 Å². The van der Waals surface area contributed by atoms with Gasteiger partial charge in [-0.3, -0.25) is 0 Å². The maximum Gasteiger partial charge on any atom is 0.203 e. The number of rotatable bonds is 3. The average Bonchev–Trinajstić information content (AvgIpc) is 2.74. The molecule has 0 radical (unpaired) electrons. The van der Waals surface area contributed by atoms with Crippen molar-refractivity contribution in [3.63, 3.8) is 0 Å². The SMILES string of the molecule is CCNc1nccn1C1CCN(C)C1. The van der Waals surface area contributed by atoms with Crippen LogP contribution in [0.5, 0.6) is 0 Å². The van der Waals surface area contributed by atoms with E-state index < -0.39 is 0 Å². The van der Waals surface area contributed by atoms with E-state index in [1.165, 1.54) is 13.0 Å². The first-order valence-corrected chi connectivity index (χ1v) is 5.26. The Balaban J connectivity index is 2.11. The molecule has 2 heterocycles. The van der Waals surface area contributed by atoms with Crippen molar-refractivity contribution < 1.29 is 0 Å². The summed E-state index contributed by atoms with van der Waals surface area (Å²) in [6.07, 6.45) is 5.17. The second kappa shape index (κ2) is 4.00. The Morgan fingerprint density at radius 3 is 3.14 bits per heavy atom. The fourth-order valence-corrected chi connectivity index (χ4v) is 2.04. The minimum atomic E-state index is 0.594. The zero-order chi connectivity index (χ0) is 9.97. The fourth-order valence-electron chi connectivity index (χ4n) is 2.04. The maximum atomic E-state index is 4.31. The zero-order valence-electron chi connectivity index (χ0n) is 8.90. The van der Waals surface area contributed by atoms with Crippen LogP contribution in [0.1, 0.15) is 19.4 Å². The highest BCUT2D eigenvalue weighted by Gasteiger charge is 2.22. The lowest BCUT2D eigenvalue weighted by Crippen LogP contribution is -2.17. The van der Waals surface area contributed by atoms with Crippen molar-refractivity contribution >= 4 is 5.95 Å². The number of nitrogens with zero attached hydrogens (tertiary/aromatic N) is 3. The summed E-state index contributed by atoms with van der Waals surface area (Å²) in [4.78, 5) is 6.67. The molecule has 1 unspecified atom stereocenters. The minimum absolute atomic E-state index is 0.594. The lowest BCUT2D eigenvalue weighted by atomic mass is 10.2. The Morgan fingerprint density at radius 2 is 2.50 bits per heavy atom. The van der Waals surface area contributed by atoms with E-state index in [1.54, 1.807) is 0 Å². The molecule has 1 N–H and O–H groups in total. The van der Waals surface area contributed by atoms with Crippen LogP contribution >= 0.6 is 0 Å². The van der Waals surface area contributed by atoms with Crippen LogP contribution < -0.4 is 5.32 Å². The maximum absolute atomic E-state index is 4.31. The molecular weight excluding hydrogens is 176 g/mol. The molecule has 0 saturated carbocycles. The number of hydrogen-bond acceptors (Lipinski definition) is 3. The number of hydrogen-bond donors (Lipinski definition) is 1. The Bertz CT molecular complexity index is 294. The molecule has 4 heteroatoms. The summed E-state index contributed by atoms with van der Waals surface area (Å²) >= 11 is 0. The van der Waals surface area contributed by atoms with Crippen molar-refractivity contribution in [2.24, 2.45) is 0 Å². The number of likely N-dealkylation sites (tertiary alicyclic amines) is 1. The molecule has 1 saturated heterocycles. The molecule has 0 aromatic carbocycles. The smallest absolute Gasteiger partial charge is 0.203 e. The van der Waals surface area contributed by atoms with E-state index in [2.05, 4.69) is 39.9 Å². The summed E-state index contributed by atoms with van der Waals surface area (Å²) < 4.78 is 2.26. The highest BCUT2D eigenvalue weighted by Crippen LogP contribution is 2.23. The van der Waals surface area contributed by atoms with Crippen LogP contribution in [0.3, 0.4) is 0 Å². The summed E-state index contributed by atoms with van der Waals surface area (Å²) in [5.41, 5.74) is 0. The summed E-state index contributed by atoms with van der Waals surface area (Å²) in [5.74, 6) is 1.01. The first-order valence-electron chi connectivity index (χ1n) is 5.26. The predicted molar refractivity (Wildman–Crippen MR) is 57.5 cm³/mol. The van der Waals surface area contributed by atoms with E-state index in [0.29, 0.717) is 6.04 Å². The minimum Gasteiger partial charge on any atom is -0.356 e. The second-order valence-corrected chi connectivity index (χ2v) is 3.89. The van der Waals surface area contributed by atoms with Gasteiger partial charge in [0.2, 0.25) is 5.95 Å². The van der Waals surface area contributed by atoms with Crippen LogP contribution in [0, 0.1) is 0 Å². The van der Waals surface area contributed by atoms with Gasteiger partial charge in [-0.25, -0.2) is 4.98 Å². The van der Waals surface area contributed by atoms with E-state index >= 15 is 0 Å². The molecule has 1 aliphatic rings. The number of likely N-dealkylation sites (N-methyl/N-ethyl adjacent to an activating group) is 1. The Labute approximate surface area is 84.9 Å².